The molecule has 3 heterocycles. The number of carbonyl (C=O) groups excluding carboxylic acids is 1. The first kappa shape index (κ1) is 19.7. The molecule has 2 aliphatic heterocycles. The second-order valence-corrected chi connectivity index (χ2v) is 8.41. The molecule has 0 atom stereocenters. The molecule has 0 N–H and O–H groups in total. The number of halogens is 3. The molecule has 1 amide bonds. The van der Waals surface area contributed by atoms with Gasteiger partial charge in [0.1, 0.15) is 5.60 Å². The largest absolute Gasteiger partial charge is 0.444 e. The standard InChI is InChI=1S/C18H25F3N4O2/c1-16(2,3)27-15(26)24-7-4-17(5-8-24)6-9-25(12-17)14-22-10-13(11-23-14)18(19,20)21/h10-11H,4-9,12H2,1-3H3. The maximum atomic E-state index is 12.7. The highest BCUT2D eigenvalue weighted by Gasteiger charge is 2.43. The minimum atomic E-state index is -4.43. The van der Waals surface area contributed by atoms with E-state index in [1.165, 1.54) is 0 Å². The number of likely N-dealkylation sites (tertiary alicyclic amines) is 1. The number of rotatable bonds is 1. The average molecular weight is 386 g/mol. The number of aromatic nitrogens is 2. The summed E-state index contributed by atoms with van der Waals surface area (Å²) in [5.41, 5.74) is -1.31. The second kappa shape index (κ2) is 6.83. The summed E-state index contributed by atoms with van der Waals surface area (Å²) >= 11 is 0. The zero-order valence-corrected chi connectivity index (χ0v) is 15.8. The molecule has 0 saturated carbocycles. The summed E-state index contributed by atoms with van der Waals surface area (Å²) in [5.74, 6) is 0.328. The highest BCUT2D eigenvalue weighted by Crippen LogP contribution is 2.41. The first-order valence-electron chi connectivity index (χ1n) is 9.10. The topological polar surface area (TPSA) is 58.6 Å². The molecule has 0 unspecified atom stereocenters. The third-order valence-corrected chi connectivity index (χ3v) is 5.16. The van der Waals surface area contributed by atoms with E-state index in [1.807, 2.05) is 25.7 Å². The molecule has 6 nitrogen and oxygen atoms in total. The Labute approximate surface area is 156 Å². The van der Waals surface area contributed by atoms with Crippen molar-refractivity contribution in [3.8, 4) is 0 Å². The number of alkyl halides is 3. The Kier molecular flexibility index (Phi) is 4.98. The molecule has 2 saturated heterocycles. The van der Waals surface area contributed by atoms with Gasteiger partial charge in [-0.3, -0.25) is 0 Å². The van der Waals surface area contributed by atoms with E-state index in [-0.39, 0.29) is 11.5 Å². The van der Waals surface area contributed by atoms with E-state index in [0.717, 1.165) is 31.7 Å². The van der Waals surface area contributed by atoms with Crippen molar-refractivity contribution in [2.45, 2.75) is 51.8 Å². The van der Waals surface area contributed by atoms with Gasteiger partial charge in [-0.2, -0.15) is 13.2 Å². The number of hydrogen-bond acceptors (Lipinski definition) is 5. The first-order valence-corrected chi connectivity index (χ1v) is 9.10. The molecule has 1 aromatic rings. The third kappa shape index (κ3) is 4.62. The van der Waals surface area contributed by atoms with E-state index in [9.17, 15) is 18.0 Å². The molecule has 3 rings (SSSR count). The van der Waals surface area contributed by atoms with Crippen molar-refractivity contribution in [3.63, 3.8) is 0 Å². The van der Waals surface area contributed by atoms with Crippen LogP contribution in [0.3, 0.4) is 0 Å². The SMILES string of the molecule is CC(C)(C)OC(=O)N1CCC2(CC1)CCN(c1ncc(C(F)(F)F)cn1)C2. The molecule has 9 heteroatoms. The Bertz CT molecular complexity index is 677. The highest BCUT2D eigenvalue weighted by molar-refractivity contribution is 5.68. The second-order valence-electron chi connectivity index (χ2n) is 8.41. The van der Waals surface area contributed by atoms with Crippen LogP contribution in [0, 0.1) is 5.41 Å². The molecule has 1 spiro atoms. The molecular formula is C18H25F3N4O2. The maximum absolute atomic E-state index is 12.7. The monoisotopic (exact) mass is 386 g/mol. The van der Waals surface area contributed by atoms with Gasteiger partial charge in [-0.15, -0.1) is 0 Å². The van der Waals surface area contributed by atoms with Crippen LogP contribution in [0.1, 0.15) is 45.6 Å². The van der Waals surface area contributed by atoms with E-state index < -0.39 is 17.3 Å². The molecule has 1 aromatic heterocycles. The van der Waals surface area contributed by atoms with Crippen LogP contribution in [-0.4, -0.2) is 52.7 Å². The summed E-state index contributed by atoms with van der Waals surface area (Å²) in [6.07, 6.45) is -0.471. The summed E-state index contributed by atoms with van der Waals surface area (Å²) in [6.45, 7) is 8.17. The Morgan fingerprint density at radius 1 is 1.07 bits per heavy atom. The maximum Gasteiger partial charge on any atom is 0.419 e. The number of anilines is 1. The van der Waals surface area contributed by atoms with Crippen molar-refractivity contribution in [1.82, 2.24) is 14.9 Å². The van der Waals surface area contributed by atoms with E-state index in [4.69, 9.17) is 4.74 Å². The van der Waals surface area contributed by atoms with Gasteiger partial charge in [-0.1, -0.05) is 0 Å². The Morgan fingerprint density at radius 2 is 1.63 bits per heavy atom. The summed E-state index contributed by atoms with van der Waals surface area (Å²) in [4.78, 5) is 23.7. The van der Waals surface area contributed by atoms with Gasteiger partial charge in [-0.25, -0.2) is 14.8 Å². The number of carbonyl (C=O) groups is 1. The predicted molar refractivity (Wildman–Crippen MR) is 93.3 cm³/mol. The number of piperidine rings is 1. The molecule has 0 bridgehead atoms. The lowest BCUT2D eigenvalue weighted by molar-refractivity contribution is -0.138. The summed E-state index contributed by atoms with van der Waals surface area (Å²) in [5, 5.41) is 0. The van der Waals surface area contributed by atoms with Gasteiger partial charge in [0.2, 0.25) is 5.95 Å². The van der Waals surface area contributed by atoms with E-state index >= 15 is 0 Å². The predicted octanol–water partition coefficient (Wildman–Crippen LogP) is 3.72. The fourth-order valence-corrected chi connectivity index (χ4v) is 3.63. The first-order chi connectivity index (χ1) is 12.5. The van der Waals surface area contributed by atoms with Crippen LogP contribution in [0.4, 0.5) is 23.9 Å². The van der Waals surface area contributed by atoms with Crippen molar-refractivity contribution in [2.75, 3.05) is 31.1 Å². The lowest BCUT2D eigenvalue weighted by Crippen LogP contribution is -2.46. The van der Waals surface area contributed by atoms with Crippen molar-refractivity contribution in [3.05, 3.63) is 18.0 Å². The summed E-state index contributed by atoms with van der Waals surface area (Å²) < 4.78 is 43.4. The van der Waals surface area contributed by atoms with Crippen molar-refractivity contribution >= 4 is 12.0 Å². The van der Waals surface area contributed by atoms with Crippen LogP contribution in [-0.2, 0) is 10.9 Å². The zero-order valence-electron chi connectivity index (χ0n) is 15.8. The fraction of sp³-hybridized carbons (Fsp3) is 0.722. The van der Waals surface area contributed by atoms with E-state index in [0.29, 0.717) is 32.1 Å². The lowest BCUT2D eigenvalue weighted by atomic mass is 9.78. The van der Waals surface area contributed by atoms with Gasteiger partial charge in [-0.05, 0) is 45.4 Å². The molecular weight excluding hydrogens is 361 g/mol. The van der Waals surface area contributed by atoms with E-state index in [2.05, 4.69) is 9.97 Å². The molecule has 150 valence electrons. The molecule has 0 aliphatic carbocycles. The van der Waals surface area contributed by atoms with Crippen LogP contribution < -0.4 is 4.90 Å². The summed E-state index contributed by atoms with van der Waals surface area (Å²) in [7, 11) is 0. The Morgan fingerprint density at radius 3 is 2.15 bits per heavy atom. The van der Waals surface area contributed by atoms with Gasteiger partial charge in [0.15, 0.2) is 0 Å². The van der Waals surface area contributed by atoms with Crippen LogP contribution in [0.25, 0.3) is 0 Å². The van der Waals surface area contributed by atoms with Crippen LogP contribution in [0.15, 0.2) is 12.4 Å². The van der Waals surface area contributed by atoms with Gasteiger partial charge < -0.3 is 14.5 Å². The van der Waals surface area contributed by atoms with Crippen molar-refractivity contribution in [2.24, 2.45) is 5.41 Å². The van der Waals surface area contributed by atoms with Crippen LogP contribution in [0.5, 0.6) is 0 Å². The molecule has 0 aromatic carbocycles. The minimum absolute atomic E-state index is 0.0462. The molecule has 0 radical (unpaired) electrons. The average Bonchev–Trinajstić information content (AvgIpc) is 2.97. The molecule has 2 fully saturated rings. The van der Waals surface area contributed by atoms with Crippen molar-refractivity contribution in [1.29, 1.82) is 0 Å². The smallest absolute Gasteiger partial charge is 0.419 e. The number of nitrogens with zero attached hydrogens (tertiary/aromatic N) is 4. The lowest BCUT2D eigenvalue weighted by Gasteiger charge is -2.39. The zero-order chi connectivity index (χ0) is 19.9. The van der Waals surface area contributed by atoms with Crippen molar-refractivity contribution < 1.29 is 22.7 Å². The minimum Gasteiger partial charge on any atom is -0.444 e. The Hall–Kier alpha value is -2.06. The molecule has 2 aliphatic rings. The fourth-order valence-electron chi connectivity index (χ4n) is 3.63. The third-order valence-electron chi connectivity index (χ3n) is 5.16. The van der Waals surface area contributed by atoms with Gasteiger partial charge in [0.25, 0.3) is 0 Å². The van der Waals surface area contributed by atoms with Gasteiger partial charge in [0, 0.05) is 38.6 Å². The number of amides is 1. The normalized spacial score (nSPS) is 20.2. The quantitative estimate of drug-likeness (QED) is 0.736. The summed E-state index contributed by atoms with van der Waals surface area (Å²) in [6, 6.07) is 0. The van der Waals surface area contributed by atoms with E-state index in [1.54, 1.807) is 4.90 Å². The van der Waals surface area contributed by atoms with Gasteiger partial charge >= 0.3 is 12.3 Å². The highest BCUT2D eigenvalue weighted by atomic mass is 19.4. The Balaban J connectivity index is 1.58. The number of hydrogen-bond donors (Lipinski definition) is 0. The number of ether oxygens (including phenoxy) is 1. The molecule has 27 heavy (non-hydrogen) atoms. The van der Waals surface area contributed by atoms with Gasteiger partial charge in [0.05, 0.1) is 5.56 Å². The van der Waals surface area contributed by atoms with Crippen LogP contribution in [0.2, 0.25) is 0 Å². The van der Waals surface area contributed by atoms with Crippen LogP contribution >= 0.6 is 0 Å².